The zero-order valence-corrected chi connectivity index (χ0v) is 9.56. The van der Waals surface area contributed by atoms with Crippen LogP contribution in [0.2, 0.25) is 0 Å². The topological polar surface area (TPSA) is 38.0 Å². The molecule has 1 atom stereocenters. The van der Waals surface area contributed by atoms with Gasteiger partial charge >= 0.3 is 0 Å². The molecule has 15 heavy (non-hydrogen) atoms. The summed E-state index contributed by atoms with van der Waals surface area (Å²) in [5.74, 6) is 0.784. The van der Waals surface area contributed by atoms with E-state index in [4.69, 9.17) is 0 Å². The fraction of sp³-hybridized carbons (Fsp3) is 0.750. The van der Waals surface area contributed by atoms with E-state index in [1.165, 1.54) is 12.8 Å². The summed E-state index contributed by atoms with van der Waals surface area (Å²) < 4.78 is 1.94. The molecule has 3 nitrogen and oxygen atoms in total. The van der Waals surface area contributed by atoms with E-state index in [0.717, 1.165) is 18.0 Å². The van der Waals surface area contributed by atoms with Crippen LogP contribution in [0.25, 0.3) is 0 Å². The number of aliphatic hydroxyl groups excluding tert-OH is 1. The van der Waals surface area contributed by atoms with Crippen molar-refractivity contribution >= 4 is 0 Å². The van der Waals surface area contributed by atoms with E-state index in [-0.39, 0.29) is 6.10 Å². The van der Waals surface area contributed by atoms with Gasteiger partial charge in [0.25, 0.3) is 0 Å². The second-order valence-electron chi connectivity index (χ2n) is 4.92. The molecule has 1 aliphatic rings. The van der Waals surface area contributed by atoms with Crippen molar-refractivity contribution in [2.45, 2.75) is 51.7 Å². The Morgan fingerprint density at radius 2 is 2.27 bits per heavy atom. The zero-order valence-electron chi connectivity index (χ0n) is 9.56. The van der Waals surface area contributed by atoms with Crippen LogP contribution in [0.4, 0.5) is 0 Å². The van der Waals surface area contributed by atoms with Gasteiger partial charge in [-0.15, -0.1) is 0 Å². The Morgan fingerprint density at radius 3 is 2.80 bits per heavy atom. The third kappa shape index (κ3) is 3.06. The number of hydrogen-bond donors (Lipinski definition) is 1. The molecule has 1 N–H and O–H groups in total. The van der Waals surface area contributed by atoms with Gasteiger partial charge in [-0.2, -0.15) is 5.10 Å². The van der Waals surface area contributed by atoms with Crippen molar-refractivity contribution in [3.8, 4) is 0 Å². The fourth-order valence-electron chi connectivity index (χ4n) is 1.84. The Hall–Kier alpha value is -0.830. The van der Waals surface area contributed by atoms with Crippen LogP contribution in [0.1, 0.15) is 44.8 Å². The third-order valence-electron chi connectivity index (χ3n) is 2.94. The van der Waals surface area contributed by atoms with Crippen LogP contribution < -0.4 is 0 Å². The minimum absolute atomic E-state index is 0.201. The van der Waals surface area contributed by atoms with E-state index < -0.39 is 0 Å². The van der Waals surface area contributed by atoms with Crippen molar-refractivity contribution in [3.63, 3.8) is 0 Å². The van der Waals surface area contributed by atoms with Crippen LogP contribution in [0.5, 0.6) is 0 Å². The summed E-state index contributed by atoms with van der Waals surface area (Å²) in [6.07, 6.45) is 6.05. The van der Waals surface area contributed by atoms with E-state index in [1.54, 1.807) is 0 Å². The lowest BCUT2D eigenvalue weighted by Gasteiger charge is -2.08. The highest BCUT2D eigenvalue weighted by Gasteiger charge is 2.24. The Morgan fingerprint density at radius 1 is 1.53 bits per heavy atom. The van der Waals surface area contributed by atoms with Gasteiger partial charge in [-0.1, -0.05) is 12.8 Å². The van der Waals surface area contributed by atoms with E-state index in [2.05, 4.69) is 18.9 Å². The van der Waals surface area contributed by atoms with E-state index in [1.807, 2.05) is 16.9 Å². The van der Waals surface area contributed by atoms with Gasteiger partial charge in [-0.05, 0) is 32.3 Å². The molecule has 1 heterocycles. The monoisotopic (exact) mass is 208 g/mol. The Bertz CT molecular complexity index is 315. The van der Waals surface area contributed by atoms with Gasteiger partial charge in [0.1, 0.15) is 0 Å². The summed E-state index contributed by atoms with van der Waals surface area (Å²) in [5.41, 5.74) is 1.01. The molecule has 1 unspecified atom stereocenters. The molecule has 0 saturated heterocycles. The van der Waals surface area contributed by atoms with Crippen LogP contribution in [0.15, 0.2) is 12.3 Å². The lowest BCUT2D eigenvalue weighted by Crippen LogP contribution is -2.12. The molecule has 84 valence electrons. The first-order valence-corrected chi connectivity index (χ1v) is 5.87. The number of aromatic nitrogens is 2. The molecule has 0 aromatic carbocycles. The Labute approximate surface area is 91.1 Å². The lowest BCUT2D eigenvalue weighted by molar-refractivity contribution is 0.156. The van der Waals surface area contributed by atoms with Crippen molar-refractivity contribution in [2.75, 3.05) is 0 Å². The molecule has 0 bridgehead atoms. The summed E-state index contributed by atoms with van der Waals surface area (Å²) in [6, 6.07) is 2.41. The van der Waals surface area contributed by atoms with Crippen LogP contribution >= 0.6 is 0 Å². The van der Waals surface area contributed by atoms with Crippen molar-refractivity contribution < 1.29 is 5.11 Å². The highest BCUT2D eigenvalue weighted by Crippen LogP contribution is 2.33. The zero-order chi connectivity index (χ0) is 10.8. The second kappa shape index (κ2) is 4.35. The molecular formula is C12H20N2O. The molecule has 0 amide bonds. The van der Waals surface area contributed by atoms with Gasteiger partial charge in [0.2, 0.25) is 0 Å². The number of rotatable bonds is 5. The van der Waals surface area contributed by atoms with Crippen molar-refractivity contribution in [1.82, 2.24) is 9.78 Å². The van der Waals surface area contributed by atoms with Crippen molar-refractivity contribution in [3.05, 3.63) is 18.0 Å². The molecule has 1 aromatic heterocycles. The van der Waals surface area contributed by atoms with Gasteiger partial charge in [0.15, 0.2) is 0 Å². The summed E-state index contributed by atoms with van der Waals surface area (Å²) >= 11 is 0. The second-order valence-corrected chi connectivity index (χ2v) is 4.92. The largest absolute Gasteiger partial charge is 0.393 e. The molecule has 0 spiro atoms. The average Bonchev–Trinajstić information content (AvgIpc) is 2.82. The molecule has 1 aliphatic carbocycles. The van der Waals surface area contributed by atoms with Crippen LogP contribution in [-0.4, -0.2) is 21.0 Å². The summed E-state index contributed by atoms with van der Waals surface area (Å²) in [4.78, 5) is 0. The molecule has 0 radical (unpaired) electrons. The molecule has 1 saturated carbocycles. The Kier molecular flexibility index (Phi) is 3.10. The van der Waals surface area contributed by atoms with Gasteiger partial charge in [-0.25, -0.2) is 0 Å². The van der Waals surface area contributed by atoms with Crippen LogP contribution in [0.3, 0.4) is 0 Å². The third-order valence-corrected chi connectivity index (χ3v) is 2.94. The fourth-order valence-corrected chi connectivity index (χ4v) is 1.84. The molecule has 0 aliphatic heterocycles. The number of hydrogen-bond acceptors (Lipinski definition) is 2. The average molecular weight is 208 g/mol. The standard InChI is InChI=1S/C12H20N2O/c1-9(2)14-6-5-11(13-14)8-12(15)7-10-3-4-10/h5-6,9-10,12,15H,3-4,7-8H2,1-2H3. The first kappa shape index (κ1) is 10.7. The lowest BCUT2D eigenvalue weighted by atomic mass is 10.1. The maximum Gasteiger partial charge on any atom is 0.0650 e. The smallest absolute Gasteiger partial charge is 0.0650 e. The summed E-state index contributed by atoms with van der Waals surface area (Å²) in [7, 11) is 0. The first-order valence-electron chi connectivity index (χ1n) is 5.87. The van der Waals surface area contributed by atoms with Crippen molar-refractivity contribution in [1.29, 1.82) is 0 Å². The van der Waals surface area contributed by atoms with Crippen LogP contribution in [-0.2, 0) is 6.42 Å². The summed E-state index contributed by atoms with van der Waals surface area (Å²) in [5, 5.41) is 14.2. The molecule has 2 rings (SSSR count). The maximum absolute atomic E-state index is 9.81. The van der Waals surface area contributed by atoms with Gasteiger partial charge in [0, 0.05) is 18.7 Å². The van der Waals surface area contributed by atoms with Gasteiger partial charge in [-0.3, -0.25) is 4.68 Å². The van der Waals surface area contributed by atoms with Crippen molar-refractivity contribution in [2.24, 2.45) is 5.92 Å². The molecule has 3 heteroatoms. The van der Waals surface area contributed by atoms with Crippen LogP contribution in [0, 0.1) is 5.92 Å². The number of aliphatic hydroxyl groups is 1. The maximum atomic E-state index is 9.81. The number of nitrogens with zero attached hydrogens (tertiary/aromatic N) is 2. The molecule has 1 fully saturated rings. The predicted molar refractivity (Wildman–Crippen MR) is 59.7 cm³/mol. The highest BCUT2D eigenvalue weighted by atomic mass is 16.3. The predicted octanol–water partition coefficient (Wildman–Crippen LogP) is 2.17. The normalized spacial score (nSPS) is 18.4. The minimum Gasteiger partial charge on any atom is -0.393 e. The van der Waals surface area contributed by atoms with Gasteiger partial charge in [0.05, 0.1) is 11.8 Å². The Balaban J connectivity index is 1.85. The summed E-state index contributed by atoms with van der Waals surface area (Å²) in [6.45, 7) is 4.22. The molecular weight excluding hydrogens is 188 g/mol. The van der Waals surface area contributed by atoms with Gasteiger partial charge < -0.3 is 5.11 Å². The van der Waals surface area contributed by atoms with E-state index in [0.29, 0.717) is 12.5 Å². The minimum atomic E-state index is -0.201. The first-order chi connectivity index (χ1) is 7.15. The van der Waals surface area contributed by atoms with E-state index >= 15 is 0 Å². The van der Waals surface area contributed by atoms with E-state index in [9.17, 15) is 5.11 Å². The highest BCUT2D eigenvalue weighted by molar-refractivity contribution is 5.01. The molecule has 1 aromatic rings. The SMILES string of the molecule is CC(C)n1ccc(CC(O)CC2CC2)n1. The quantitative estimate of drug-likeness (QED) is 0.805.